The molecule has 1 aromatic carbocycles. The number of hydrogen-bond donors (Lipinski definition) is 1. The highest BCUT2D eigenvalue weighted by atomic mass is 16.1. The van der Waals surface area contributed by atoms with Crippen LogP contribution in [0.25, 0.3) is 6.08 Å². The van der Waals surface area contributed by atoms with E-state index in [1.54, 1.807) is 6.07 Å². The Kier molecular flexibility index (Phi) is 3.03. The fraction of sp³-hybridized carbons (Fsp3) is 0.0909. The number of nitrogens with zero attached hydrogens (tertiary/aromatic N) is 1. The maximum absolute atomic E-state index is 10.7. The lowest BCUT2D eigenvalue weighted by Crippen LogP contribution is -2.12. The van der Waals surface area contributed by atoms with Crippen LogP contribution in [0.1, 0.15) is 11.1 Å². The van der Waals surface area contributed by atoms with Crippen LogP contribution in [-0.4, -0.2) is 5.91 Å². The number of amides is 1. The maximum atomic E-state index is 10.7. The highest BCUT2D eigenvalue weighted by Crippen LogP contribution is 2.07. The monoisotopic (exact) mass is 186 g/mol. The van der Waals surface area contributed by atoms with E-state index in [0.29, 0.717) is 0 Å². The van der Waals surface area contributed by atoms with Crippen molar-refractivity contribution in [3.05, 3.63) is 41.0 Å². The molecule has 0 saturated heterocycles. The Morgan fingerprint density at radius 1 is 1.43 bits per heavy atom. The molecule has 14 heavy (non-hydrogen) atoms. The first-order valence-electron chi connectivity index (χ1n) is 4.12. The normalized spacial score (nSPS) is 10.7. The first-order chi connectivity index (χ1) is 6.63. The van der Waals surface area contributed by atoms with E-state index < -0.39 is 5.91 Å². The van der Waals surface area contributed by atoms with Gasteiger partial charge in [0, 0.05) is 0 Å². The van der Waals surface area contributed by atoms with Gasteiger partial charge in [-0.1, -0.05) is 29.8 Å². The summed E-state index contributed by atoms with van der Waals surface area (Å²) in [5, 5.41) is 8.59. The van der Waals surface area contributed by atoms with Gasteiger partial charge in [-0.15, -0.1) is 0 Å². The van der Waals surface area contributed by atoms with Gasteiger partial charge in [-0.25, -0.2) is 0 Å². The molecule has 2 N–H and O–H groups in total. The lowest BCUT2D eigenvalue weighted by molar-refractivity contribution is -0.114. The second-order valence-electron chi connectivity index (χ2n) is 2.94. The molecule has 0 radical (unpaired) electrons. The summed E-state index contributed by atoms with van der Waals surface area (Å²) in [5.74, 6) is -0.701. The fourth-order valence-corrected chi connectivity index (χ4v) is 0.988. The summed E-state index contributed by atoms with van der Waals surface area (Å²) in [7, 11) is 0. The van der Waals surface area contributed by atoms with Crippen molar-refractivity contribution in [1.82, 2.24) is 0 Å². The first kappa shape index (κ1) is 10.0. The van der Waals surface area contributed by atoms with E-state index in [9.17, 15) is 4.79 Å². The summed E-state index contributed by atoms with van der Waals surface area (Å²) in [6.07, 6.45) is 1.47. The summed E-state index contributed by atoms with van der Waals surface area (Å²) in [6.45, 7) is 1.97. The third-order valence-electron chi connectivity index (χ3n) is 1.77. The van der Waals surface area contributed by atoms with Crippen LogP contribution < -0.4 is 5.73 Å². The molecule has 70 valence electrons. The molecule has 3 heteroatoms. The molecular weight excluding hydrogens is 176 g/mol. The van der Waals surface area contributed by atoms with E-state index in [2.05, 4.69) is 0 Å². The number of carbonyl (C=O) groups excluding carboxylic acids is 1. The van der Waals surface area contributed by atoms with Crippen molar-refractivity contribution in [2.24, 2.45) is 5.73 Å². The third-order valence-corrected chi connectivity index (χ3v) is 1.77. The number of rotatable bonds is 2. The second kappa shape index (κ2) is 4.24. The number of nitrogens with two attached hydrogens (primary N) is 1. The van der Waals surface area contributed by atoms with Crippen molar-refractivity contribution in [3.63, 3.8) is 0 Å². The van der Waals surface area contributed by atoms with Gasteiger partial charge in [-0.05, 0) is 18.6 Å². The van der Waals surface area contributed by atoms with Crippen molar-refractivity contribution in [3.8, 4) is 6.07 Å². The number of hydrogen-bond acceptors (Lipinski definition) is 2. The van der Waals surface area contributed by atoms with E-state index in [0.717, 1.165) is 11.1 Å². The Labute approximate surface area is 82.5 Å². The van der Waals surface area contributed by atoms with Gasteiger partial charge in [0.25, 0.3) is 5.91 Å². The molecule has 1 amide bonds. The molecule has 0 aliphatic heterocycles. The maximum Gasteiger partial charge on any atom is 0.259 e. The number of primary amides is 1. The summed E-state index contributed by atoms with van der Waals surface area (Å²) in [6, 6.07) is 9.22. The highest BCUT2D eigenvalue weighted by Gasteiger charge is 2.02. The average Bonchev–Trinajstić information content (AvgIpc) is 2.16. The van der Waals surface area contributed by atoms with E-state index >= 15 is 0 Å². The molecular formula is C11H10N2O. The molecule has 0 bridgehead atoms. The van der Waals surface area contributed by atoms with E-state index in [4.69, 9.17) is 11.0 Å². The van der Waals surface area contributed by atoms with Gasteiger partial charge in [0.05, 0.1) is 0 Å². The number of benzene rings is 1. The smallest absolute Gasteiger partial charge is 0.259 e. The molecule has 0 fully saturated rings. The summed E-state index contributed by atoms with van der Waals surface area (Å²) in [4.78, 5) is 10.7. The molecule has 0 spiro atoms. The van der Waals surface area contributed by atoms with Gasteiger partial charge in [0.1, 0.15) is 11.6 Å². The SMILES string of the molecule is Cc1ccc(/C=C(/C#N)C(N)=O)cc1. The standard InChI is InChI=1S/C11H10N2O/c1-8-2-4-9(5-3-8)6-10(7-12)11(13)14/h2-6H,1H3,(H2,13,14)/b10-6-. The van der Waals surface area contributed by atoms with Crippen LogP contribution in [0.5, 0.6) is 0 Å². The van der Waals surface area contributed by atoms with Crippen LogP contribution in [-0.2, 0) is 4.79 Å². The minimum atomic E-state index is -0.701. The van der Waals surface area contributed by atoms with E-state index in [-0.39, 0.29) is 5.57 Å². The van der Waals surface area contributed by atoms with Crippen LogP contribution in [0.4, 0.5) is 0 Å². The molecule has 0 atom stereocenters. The Morgan fingerprint density at radius 2 is 2.00 bits per heavy atom. The lowest BCUT2D eigenvalue weighted by atomic mass is 10.1. The molecule has 0 aliphatic carbocycles. The minimum absolute atomic E-state index is 0.0335. The molecule has 0 aliphatic rings. The van der Waals surface area contributed by atoms with Crippen molar-refractivity contribution in [2.45, 2.75) is 6.92 Å². The zero-order chi connectivity index (χ0) is 10.6. The second-order valence-corrected chi connectivity index (χ2v) is 2.94. The number of carbonyl (C=O) groups is 1. The van der Waals surface area contributed by atoms with E-state index in [1.165, 1.54) is 6.08 Å². The topological polar surface area (TPSA) is 66.9 Å². The molecule has 0 aromatic heterocycles. The van der Waals surface area contributed by atoms with E-state index in [1.807, 2.05) is 31.2 Å². The van der Waals surface area contributed by atoms with Crippen LogP contribution in [0.3, 0.4) is 0 Å². The van der Waals surface area contributed by atoms with Crippen LogP contribution >= 0.6 is 0 Å². The Bertz CT molecular complexity index is 410. The largest absolute Gasteiger partial charge is 0.365 e. The predicted octanol–water partition coefficient (Wildman–Crippen LogP) is 1.39. The summed E-state index contributed by atoms with van der Waals surface area (Å²) < 4.78 is 0. The van der Waals surface area contributed by atoms with Gasteiger partial charge >= 0.3 is 0 Å². The Hall–Kier alpha value is -2.08. The van der Waals surface area contributed by atoms with Gasteiger partial charge in [0.15, 0.2) is 0 Å². The predicted molar refractivity (Wildman–Crippen MR) is 54.0 cm³/mol. The van der Waals surface area contributed by atoms with Gasteiger partial charge in [0.2, 0.25) is 0 Å². The molecule has 0 saturated carbocycles. The zero-order valence-electron chi connectivity index (χ0n) is 7.82. The Balaban J connectivity index is 3.03. The first-order valence-corrected chi connectivity index (χ1v) is 4.12. The van der Waals surface area contributed by atoms with Crippen molar-refractivity contribution < 1.29 is 4.79 Å². The highest BCUT2D eigenvalue weighted by molar-refractivity contribution is 6.00. The fourth-order valence-electron chi connectivity index (χ4n) is 0.988. The van der Waals surface area contributed by atoms with Gasteiger partial charge in [-0.3, -0.25) is 4.79 Å². The lowest BCUT2D eigenvalue weighted by Gasteiger charge is -1.95. The van der Waals surface area contributed by atoms with Gasteiger partial charge in [-0.2, -0.15) is 5.26 Å². The van der Waals surface area contributed by atoms with Crippen LogP contribution in [0, 0.1) is 18.3 Å². The number of nitriles is 1. The van der Waals surface area contributed by atoms with Crippen LogP contribution in [0.15, 0.2) is 29.8 Å². The van der Waals surface area contributed by atoms with Crippen molar-refractivity contribution >= 4 is 12.0 Å². The minimum Gasteiger partial charge on any atom is -0.365 e. The zero-order valence-corrected chi connectivity index (χ0v) is 7.82. The van der Waals surface area contributed by atoms with Crippen molar-refractivity contribution in [2.75, 3.05) is 0 Å². The number of aryl methyl sites for hydroxylation is 1. The van der Waals surface area contributed by atoms with Crippen molar-refractivity contribution in [1.29, 1.82) is 5.26 Å². The Morgan fingerprint density at radius 3 is 2.43 bits per heavy atom. The quantitative estimate of drug-likeness (QED) is 0.560. The molecule has 0 heterocycles. The van der Waals surface area contributed by atoms with Crippen LogP contribution in [0.2, 0.25) is 0 Å². The molecule has 1 aromatic rings. The third kappa shape index (κ3) is 2.46. The summed E-state index contributed by atoms with van der Waals surface area (Å²) in [5.41, 5.74) is 6.88. The summed E-state index contributed by atoms with van der Waals surface area (Å²) >= 11 is 0. The molecule has 3 nitrogen and oxygen atoms in total. The average molecular weight is 186 g/mol. The molecule has 0 unspecified atom stereocenters. The molecule has 1 rings (SSSR count). The van der Waals surface area contributed by atoms with Gasteiger partial charge < -0.3 is 5.73 Å².